The predicted octanol–water partition coefficient (Wildman–Crippen LogP) is 2.61. The highest BCUT2D eigenvalue weighted by molar-refractivity contribution is 7.89. The molecule has 26 heavy (non-hydrogen) atoms. The molecule has 0 N–H and O–H groups in total. The first-order valence-corrected chi connectivity index (χ1v) is 10.0. The molecule has 136 valence electrons. The topological polar surface area (TPSA) is 81.2 Å². The van der Waals surface area contributed by atoms with E-state index in [0.29, 0.717) is 36.8 Å². The Morgan fingerprint density at radius 1 is 1.23 bits per heavy atom. The van der Waals surface area contributed by atoms with Crippen molar-refractivity contribution in [2.24, 2.45) is 0 Å². The monoisotopic (exact) mass is 372 g/mol. The Morgan fingerprint density at radius 2 is 2.00 bits per heavy atom. The van der Waals surface area contributed by atoms with Crippen LogP contribution in [0, 0.1) is 6.92 Å². The molecule has 0 unspecified atom stereocenters. The van der Waals surface area contributed by atoms with E-state index in [9.17, 15) is 8.42 Å². The minimum Gasteiger partial charge on any atom is -0.441 e. The molecule has 3 heterocycles. The summed E-state index contributed by atoms with van der Waals surface area (Å²) in [5, 5.41) is 4.16. The molecule has 0 bridgehead atoms. The molecule has 0 saturated heterocycles. The number of aryl methyl sites for hydroxylation is 1. The van der Waals surface area contributed by atoms with Gasteiger partial charge in [0.25, 0.3) is 0 Å². The minimum absolute atomic E-state index is 0.213. The summed E-state index contributed by atoms with van der Waals surface area (Å²) < 4.78 is 35.1. The lowest BCUT2D eigenvalue weighted by Gasteiger charge is -2.24. The fraction of sp³-hybridized carbons (Fsp3) is 0.333. The first kappa shape index (κ1) is 17.0. The van der Waals surface area contributed by atoms with E-state index in [1.165, 1.54) is 10.5 Å². The molecule has 0 saturated carbocycles. The lowest BCUT2D eigenvalue weighted by Crippen LogP contribution is -2.36. The number of nitrogens with zero attached hydrogens (tertiary/aromatic N) is 4. The van der Waals surface area contributed by atoms with Crippen molar-refractivity contribution in [3.05, 3.63) is 53.7 Å². The maximum atomic E-state index is 13.0. The van der Waals surface area contributed by atoms with Crippen LogP contribution in [-0.4, -0.2) is 34.0 Å². The number of aromatic nitrogens is 3. The summed E-state index contributed by atoms with van der Waals surface area (Å²) in [6.45, 7) is 4.93. The van der Waals surface area contributed by atoms with Crippen LogP contribution in [0.2, 0.25) is 0 Å². The van der Waals surface area contributed by atoms with Crippen LogP contribution in [-0.2, 0) is 29.5 Å². The highest BCUT2D eigenvalue weighted by Crippen LogP contribution is 2.29. The molecule has 0 radical (unpaired) electrons. The Kier molecular flexibility index (Phi) is 4.16. The van der Waals surface area contributed by atoms with E-state index in [0.717, 1.165) is 11.3 Å². The lowest BCUT2D eigenvalue weighted by molar-refractivity contribution is 0.362. The largest absolute Gasteiger partial charge is 0.441 e. The third kappa shape index (κ3) is 2.75. The van der Waals surface area contributed by atoms with E-state index >= 15 is 0 Å². The van der Waals surface area contributed by atoms with Crippen molar-refractivity contribution in [1.82, 2.24) is 19.1 Å². The van der Waals surface area contributed by atoms with E-state index in [1.54, 1.807) is 11.6 Å². The minimum atomic E-state index is -3.61. The summed E-state index contributed by atoms with van der Waals surface area (Å²) in [4.78, 5) is 4.79. The van der Waals surface area contributed by atoms with Crippen molar-refractivity contribution in [2.75, 3.05) is 6.54 Å². The molecule has 4 rings (SSSR count). The molecule has 8 heteroatoms. The van der Waals surface area contributed by atoms with Crippen LogP contribution in [0.4, 0.5) is 0 Å². The number of oxazole rings is 1. The van der Waals surface area contributed by atoms with Gasteiger partial charge in [-0.1, -0.05) is 18.2 Å². The Hall–Kier alpha value is -2.45. The van der Waals surface area contributed by atoms with Crippen molar-refractivity contribution in [2.45, 2.75) is 38.3 Å². The van der Waals surface area contributed by atoms with Gasteiger partial charge in [-0.05, 0) is 26.0 Å². The zero-order chi connectivity index (χ0) is 18.3. The fourth-order valence-corrected chi connectivity index (χ4v) is 4.79. The summed E-state index contributed by atoms with van der Waals surface area (Å²) >= 11 is 0. The van der Waals surface area contributed by atoms with Gasteiger partial charge >= 0.3 is 0 Å². The smallest absolute Gasteiger partial charge is 0.246 e. The molecule has 3 aromatic rings. The molecule has 1 aromatic carbocycles. The third-order valence-corrected chi connectivity index (χ3v) is 6.64. The van der Waals surface area contributed by atoms with Gasteiger partial charge in [0.1, 0.15) is 10.7 Å². The Balaban J connectivity index is 1.64. The molecule has 1 aliphatic rings. The third-order valence-electron chi connectivity index (χ3n) is 4.69. The number of hydrogen-bond acceptors (Lipinski definition) is 5. The van der Waals surface area contributed by atoms with Gasteiger partial charge in [0.05, 0.1) is 24.1 Å². The van der Waals surface area contributed by atoms with Gasteiger partial charge in [0.2, 0.25) is 15.9 Å². The van der Waals surface area contributed by atoms with Crippen molar-refractivity contribution in [3.63, 3.8) is 0 Å². The second kappa shape index (κ2) is 6.37. The number of benzene rings is 1. The van der Waals surface area contributed by atoms with Gasteiger partial charge < -0.3 is 4.42 Å². The molecule has 0 atom stereocenters. The van der Waals surface area contributed by atoms with Crippen molar-refractivity contribution in [1.29, 1.82) is 0 Å². The second-order valence-electron chi connectivity index (χ2n) is 6.25. The van der Waals surface area contributed by atoms with E-state index < -0.39 is 10.0 Å². The fourth-order valence-electron chi connectivity index (χ4n) is 3.22. The number of hydrogen-bond donors (Lipinski definition) is 0. The van der Waals surface area contributed by atoms with E-state index in [-0.39, 0.29) is 11.4 Å². The van der Waals surface area contributed by atoms with Crippen LogP contribution in [0.3, 0.4) is 0 Å². The Bertz CT molecular complexity index is 1040. The molecule has 2 aromatic heterocycles. The first-order valence-electron chi connectivity index (χ1n) is 8.57. The van der Waals surface area contributed by atoms with Crippen molar-refractivity contribution in [3.8, 4) is 11.5 Å². The first-order chi connectivity index (χ1) is 12.5. The van der Waals surface area contributed by atoms with Crippen LogP contribution >= 0.6 is 0 Å². The number of rotatable bonds is 4. The van der Waals surface area contributed by atoms with Gasteiger partial charge in [-0.2, -0.15) is 9.40 Å². The summed E-state index contributed by atoms with van der Waals surface area (Å²) in [5.41, 5.74) is 2.22. The van der Waals surface area contributed by atoms with Crippen LogP contribution in [0.5, 0.6) is 0 Å². The molecule has 1 aliphatic heterocycles. The maximum absolute atomic E-state index is 13.0. The van der Waals surface area contributed by atoms with Gasteiger partial charge in [-0.3, -0.25) is 4.68 Å². The van der Waals surface area contributed by atoms with Crippen LogP contribution in [0.15, 0.2) is 45.8 Å². The molecule has 0 fully saturated rings. The summed E-state index contributed by atoms with van der Waals surface area (Å²) in [6.07, 6.45) is 1.94. The Morgan fingerprint density at radius 3 is 2.69 bits per heavy atom. The zero-order valence-corrected chi connectivity index (χ0v) is 15.5. The van der Waals surface area contributed by atoms with Gasteiger partial charge in [0.15, 0.2) is 0 Å². The zero-order valence-electron chi connectivity index (χ0n) is 14.7. The van der Waals surface area contributed by atoms with Crippen LogP contribution < -0.4 is 0 Å². The van der Waals surface area contributed by atoms with Crippen LogP contribution in [0.1, 0.15) is 24.1 Å². The molecule has 0 aliphatic carbocycles. The summed E-state index contributed by atoms with van der Waals surface area (Å²) in [7, 11) is -3.61. The van der Waals surface area contributed by atoms with Crippen LogP contribution in [0.25, 0.3) is 11.5 Å². The molecular formula is C18H20N4O3S. The summed E-state index contributed by atoms with van der Waals surface area (Å²) in [5.74, 6) is 1.29. The highest BCUT2D eigenvalue weighted by atomic mass is 32.2. The highest BCUT2D eigenvalue weighted by Gasteiger charge is 2.33. The van der Waals surface area contributed by atoms with Gasteiger partial charge in [0, 0.05) is 25.1 Å². The van der Waals surface area contributed by atoms with Gasteiger partial charge in [-0.25, -0.2) is 13.4 Å². The van der Waals surface area contributed by atoms with E-state index in [1.807, 2.05) is 37.3 Å². The molecular weight excluding hydrogens is 352 g/mol. The quantitative estimate of drug-likeness (QED) is 0.703. The molecule has 0 spiro atoms. The second-order valence-corrected chi connectivity index (χ2v) is 8.16. The Labute approximate surface area is 152 Å². The van der Waals surface area contributed by atoms with Crippen molar-refractivity contribution >= 4 is 10.0 Å². The summed E-state index contributed by atoms with van der Waals surface area (Å²) in [6, 6.07) is 9.62. The standard InChI is InChI=1S/C18H20N4O3S/c1-3-22-13(2)17(11-19-22)26(23,24)21-10-9-16-15(12-21)20-18(25-16)14-7-5-4-6-8-14/h4-8,11H,3,9-10,12H2,1-2H3. The average Bonchev–Trinajstić information content (AvgIpc) is 3.25. The maximum Gasteiger partial charge on any atom is 0.246 e. The SMILES string of the molecule is CCn1ncc(S(=O)(=O)N2CCc3oc(-c4ccccc4)nc3C2)c1C. The normalized spacial score (nSPS) is 15.2. The van der Waals surface area contributed by atoms with Gasteiger partial charge in [-0.15, -0.1) is 0 Å². The molecule has 7 nitrogen and oxygen atoms in total. The lowest BCUT2D eigenvalue weighted by atomic mass is 10.2. The average molecular weight is 372 g/mol. The van der Waals surface area contributed by atoms with E-state index in [4.69, 9.17) is 4.42 Å². The molecule has 0 amide bonds. The van der Waals surface area contributed by atoms with E-state index in [2.05, 4.69) is 10.1 Å². The number of fused-ring (bicyclic) bond motifs is 1. The predicted molar refractivity (Wildman–Crippen MR) is 95.9 cm³/mol. The van der Waals surface area contributed by atoms with Crippen molar-refractivity contribution < 1.29 is 12.8 Å². The number of sulfonamides is 1.